The van der Waals surface area contributed by atoms with Crippen molar-refractivity contribution in [1.82, 2.24) is 9.55 Å². The molecule has 1 aromatic carbocycles. The molecule has 1 heterocycles. The van der Waals surface area contributed by atoms with Crippen LogP contribution >= 0.6 is 11.8 Å². The van der Waals surface area contributed by atoms with Gasteiger partial charge in [0, 0.05) is 25.2 Å². The van der Waals surface area contributed by atoms with Gasteiger partial charge in [0.05, 0.1) is 6.61 Å². The smallest absolute Gasteiger partial charge is 0.167 e. The Morgan fingerprint density at radius 1 is 1.39 bits per heavy atom. The van der Waals surface area contributed by atoms with Crippen LogP contribution in [-0.2, 0) is 13.5 Å². The summed E-state index contributed by atoms with van der Waals surface area (Å²) < 4.78 is 7.75. The fourth-order valence-electron chi connectivity index (χ4n) is 1.64. The zero-order valence-electron chi connectivity index (χ0n) is 10.8. The summed E-state index contributed by atoms with van der Waals surface area (Å²) in [5, 5.41) is 1.03. The molecule has 0 radical (unpaired) electrons. The maximum Gasteiger partial charge on any atom is 0.167 e. The van der Waals surface area contributed by atoms with Crippen molar-refractivity contribution >= 4 is 11.8 Å². The van der Waals surface area contributed by atoms with Crippen LogP contribution in [0, 0.1) is 0 Å². The maximum atomic E-state index is 5.73. The molecular weight excluding hydrogens is 244 g/mol. The first-order valence-electron chi connectivity index (χ1n) is 6.11. The molecule has 0 aliphatic heterocycles. The Morgan fingerprint density at radius 3 is 3.00 bits per heavy atom. The summed E-state index contributed by atoms with van der Waals surface area (Å²) in [5.74, 6) is 1.86. The topological polar surface area (TPSA) is 27.1 Å². The van der Waals surface area contributed by atoms with Crippen LogP contribution in [0.1, 0.15) is 12.5 Å². The van der Waals surface area contributed by atoms with Crippen LogP contribution in [0.25, 0.3) is 0 Å². The lowest BCUT2D eigenvalue weighted by Crippen LogP contribution is -2.01. The summed E-state index contributed by atoms with van der Waals surface area (Å²) in [7, 11) is 2.00. The lowest BCUT2D eigenvalue weighted by Gasteiger charge is -2.07. The largest absolute Gasteiger partial charge is 0.493 e. The molecule has 1 aromatic heterocycles. The van der Waals surface area contributed by atoms with Crippen LogP contribution in [-0.4, -0.2) is 21.9 Å². The van der Waals surface area contributed by atoms with Crippen molar-refractivity contribution in [3.8, 4) is 5.75 Å². The van der Waals surface area contributed by atoms with Crippen molar-refractivity contribution in [2.75, 3.05) is 12.4 Å². The van der Waals surface area contributed by atoms with Crippen LogP contribution in [0.4, 0.5) is 0 Å². The van der Waals surface area contributed by atoms with E-state index >= 15 is 0 Å². The number of aromatic nitrogens is 2. The van der Waals surface area contributed by atoms with Crippen molar-refractivity contribution < 1.29 is 4.74 Å². The molecule has 0 amide bonds. The molecule has 0 atom stereocenters. The Balaban J connectivity index is 1.76. The second kappa shape index (κ2) is 6.50. The van der Waals surface area contributed by atoms with E-state index in [0.717, 1.165) is 23.1 Å². The van der Waals surface area contributed by atoms with Crippen LogP contribution < -0.4 is 4.74 Å². The molecule has 0 aliphatic rings. The van der Waals surface area contributed by atoms with Gasteiger partial charge in [0.1, 0.15) is 5.75 Å². The summed E-state index contributed by atoms with van der Waals surface area (Å²) in [4.78, 5) is 4.26. The SMILES string of the molecule is CCc1cccc(OCCSc2nccn2C)c1. The number of rotatable bonds is 6. The molecule has 0 N–H and O–H groups in total. The Kier molecular flexibility index (Phi) is 4.70. The predicted octanol–water partition coefficient (Wildman–Crippen LogP) is 3.15. The highest BCUT2D eigenvalue weighted by Crippen LogP contribution is 2.16. The third-order valence-corrected chi connectivity index (χ3v) is 3.69. The number of hydrogen-bond donors (Lipinski definition) is 0. The summed E-state index contributed by atoms with van der Waals surface area (Å²) in [6, 6.07) is 8.27. The van der Waals surface area contributed by atoms with Gasteiger partial charge >= 0.3 is 0 Å². The van der Waals surface area contributed by atoms with E-state index in [4.69, 9.17) is 4.74 Å². The van der Waals surface area contributed by atoms with Crippen molar-refractivity contribution in [3.05, 3.63) is 42.2 Å². The van der Waals surface area contributed by atoms with E-state index in [0.29, 0.717) is 6.61 Å². The monoisotopic (exact) mass is 262 g/mol. The lowest BCUT2D eigenvalue weighted by molar-refractivity contribution is 0.343. The van der Waals surface area contributed by atoms with Crippen LogP contribution in [0.3, 0.4) is 0 Å². The molecule has 2 rings (SSSR count). The summed E-state index contributed by atoms with van der Waals surface area (Å²) in [6.07, 6.45) is 4.81. The van der Waals surface area contributed by atoms with Gasteiger partial charge in [0.2, 0.25) is 0 Å². The molecule has 4 heteroatoms. The van der Waals surface area contributed by atoms with Gasteiger partial charge in [-0.15, -0.1) is 0 Å². The van der Waals surface area contributed by atoms with Gasteiger partial charge in [0.25, 0.3) is 0 Å². The van der Waals surface area contributed by atoms with E-state index in [1.54, 1.807) is 11.8 Å². The van der Waals surface area contributed by atoms with Crippen molar-refractivity contribution in [3.63, 3.8) is 0 Å². The third-order valence-electron chi connectivity index (χ3n) is 2.67. The lowest BCUT2D eigenvalue weighted by atomic mass is 10.2. The minimum absolute atomic E-state index is 0.699. The first kappa shape index (κ1) is 13.0. The number of nitrogens with zero attached hydrogens (tertiary/aromatic N) is 2. The van der Waals surface area contributed by atoms with Gasteiger partial charge in [0.15, 0.2) is 5.16 Å². The van der Waals surface area contributed by atoms with Gasteiger partial charge < -0.3 is 9.30 Å². The molecule has 0 bridgehead atoms. The maximum absolute atomic E-state index is 5.73. The standard InChI is InChI=1S/C14H18N2OS/c1-3-12-5-4-6-13(11-12)17-9-10-18-14-15-7-8-16(14)2/h4-8,11H,3,9-10H2,1-2H3. The van der Waals surface area contributed by atoms with Gasteiger partial charge in [-0.2, -0.15) is 0 Å². The summed E-state index contributed by atoms with van der Waals surface area (Å²) in [6.45, 7) is 2.85. The first-order chi connectivity index (χ1) is 8.79. The fourth-order valence-corrected chi connectivity index (χ4v) is 2.39. The highest BCUT2D eigenvalue weighted by atomic mass is 32.2. The van der Waals surface area contributed by atoms with Gasteiger partial charge in [-0.25, -0.2) is 4.98 Å². The number of ether oxygens (including phenoxy) is 1. The molecule has 3 nitrogen and oxygen atoms in total. The first-order valence-corrected chi connectivity index (χ1v) is 7.10. The molecule has 2 aromatic rings. The average molecular weight is 262 g/mol. The summed E-state index contributed by atoms with van der Waals surface area (Å²) in [5.41, 5.74) is 1.31. The Morgan fingerprint density at radius 2 is 2.28 bits per heavy atom. The number of hydrogen-bond acceptors (Lipinski definition) is 3. The molecule has 0 aliphatic carbocycles. The van der Waals surface area contributed by atoms with E-state index in [1.807, 2.05) is 36.1 Å². The normalized spacial score (nSPS) is 10.6. The Bertz CT molecular complexity index is 496. The van der Waals surface area contributed by atoms with E-state index in [-0.39, 0.29) is 0 Å². The molecule has 0 spiro atoms. The number of thioether (sulfide) groups is 1. The number of benzene rings is 1. The predicted molar refractivity (Wildman–Crippen MR) is 75.2 cm³/mol. The Labute approximate surface area is 112 Å². The molecule has 18 heavy (non-hydrogen) atoms. The van der Waals surface area contributed by atoms with Crippen molar-refractivity contribution in [2.45, 2.75) is 18.5 Å². The van der Waals surface area contributed by atoms with E-state index < -0.39 is 0 Å². The third kappa shape index (κ3) is 3.53. The summed E-state index contributed by atoms with van der Waals surface area (Å²) >= 11 is 1.71. The number of imidazole rings is 1. The zero-order chi connectivity index (χ0) is 12.8. The Hall–Kier alpha value is -1.42. The van der Waals surface area contributed by atoms with Crippen LogP contribution in [0.5, 0.6) is 5.75 Å². The van der Waals surface area contributed by atoms with E-state index in [9.17, 15) is 0 Å². The molecule has 0 fully saturated rings. The van der Waals surface area contributed by atoms with Gasteiger partial charge in [-0.3, -0.25) is 0 Å². The highest BCUT2D eigenvalue weighted by molar-refractivity contribution is 7.99. The van der Waals surface area contributed by atoms with Crippen LogP contribution in [0.15, 0.2) is 41.8 Å². The van der Waals surface area contributed by atoms with E-state index in [1.165, 1.54) is 5.56 Å². The molecular formula is C14H18N2OS. The molecule has 0 saturated heterocycles. The van der Waals surface area contributed by atoms with E-state index in [2.05, 4.69) is 24.0 Å². The molecule has 96 valence electrons. The number of aryl methyl sites for hydroxylation is 2. The minimum atomic E-state index is 0.699. The quantitative estimate of drug-likeness (QED) is 0.591. The molecule has 0 unspecified atom stereocenters. The van der Waals surface area contributed by atoms with Crippen molar-refractivity contribution in [2.24, 2.45) is 7.05 Å². The zero-order valence-corrected chi connectivity index (χ0v) is 11.6. The fraction of sp³-hybridized carbons (Fsp3) is 0.357. The van der Waals surface area contributed by atoms with Gasteiger partial charge in [-0.1, -0.05) is 30.8 Å². The second-order valence-electron chi connectivity index (χ2n) is 4.02. The minimum Gasteiger partial charge on any atom is -0.493 e. The average Bonchev–Trinajstić information content (AvgIpc) is 2.81. The van der Waals surface area contributed by atoms with Crippen molar-refractivity contribution in [1.29, 1.82) is 0 Å². The van der Waals surface area contributed by atoms with Crippen LogP contribution in [0.2, 0.25) is 0 Å². The highest BCUT2D eigenvalue weighted by Gasteiger charge is 2.00. The molecule has 0 saturated carbocycles. The van der Waals surface area contributed by atoms with Gasteiger partial charge in [-0.05, 0) is 24.1 Å². The second-order valence-corrected chi connectivity index (χ2v) is 5.08.